The quantitative estimate of drug-likeness (QED) is 0.761. The Labute approximate surface area is 119 Å². The van der Waals surface area contributed by atoms with E-state index in [9.17, 15) is 9.90 Å². The Balaban J connectivity index is 2.44. The summed E-state index contributed by atoms with van der Waals surface area (Å²) < 4.78 is 10.5. The third-order valence-electron chi connectivity index (χ3n) is 3.36. The molecule has 0 bridgehead atoms. The highest BCUT2D eigenvalue weighted by Crippen LogP contribution is 2.25. The number of carbonyl (C=O) groups excluding carboxylic acids is 1. The summed E-state index contributed by atoms with van der Waals surface area (Å²) in [6.07, 6.45) is 1.19. The van der Waals surface area contributed by atoms with Crippen LogP contribution in [0.3, 0.4) is 0 Å². The second-order valence-electron chi connectivity index (χ2n) is 4.65. The maximum absolute atomic E-state index is 11.7. The Morgan fingerprint density at radius 1 is 1.25 bits per heavy atom. The van der Waals surface area contributed by atoms with Crippen LogP contribution in [0.2, 0.25) is 0 Å². The van der Waals surface area contributed by atoms with Crippen molar-refractivity contribution >= 4 is 5.91 Å². The van der Waals surface area contributed by atoms with Crippen molar-refractivity contribution in [3.8, 4) is 11.5 Å². The Hall–Kier alpha value is -1.75. The van der Waals surface area contributed by atoms with Crippen LogP contribution >= 0.6 is 0 Å². The molecule has 0 unspecified atom stereocenters. The number of benzene rings is 1. The molecule has 0 saturated heterocycles. The first-order chi connectivity index (χ1) is 9.54. The van der Waals surface area contributed by atoms with Gasteiger partial charge in [0.15, 0.2) is 18.1 Å². The molecule has 0 aliphatic carbocycles. The van der Waals surface area contributed by atoms with Gasteiger partial charge < -0.3 is 19.9 Å². The first kappa shape index (κ1) is 16.3. The van der Waals surface area contributed by atoms with E-state index in [1.807, 2.05) is 26.0 Å². The molecule has 0 radical (unpaired) electrons. The second-order valence-corrected chi connectivity index (χ2v) is 4.65. The van der Waals surface area contributed by atoms with E-state index >= 15 is 0 Å². The maximum Gasteiger partial charge on any atom is 0.258 e. The number of methoxy groups -OCH3 is 1. The monoisotopic (exact) mass is 281 g/mol. The fourth-order valence-corrected chi connectivity index (χ4v) is 1.70. The van der Waals surface area contributed by atoms with Crippen molar-refractivity contribution in [2.75, 3.05) is 20.3 Å². The predicted octanol–water partition coefficient (Wildman–Crippen LogP) is 1.74. The summed E-state index contributed by atoms with van der Waals surface area (Å²) >= 11 is 0. The van der Waals surface area contributed by atoms with Gasteiger partial charge in [0.1, 0.15) is 0 Å². The average molecular weight is 281 g/mol. The summed E-state index contributed by atoms with van der Waals surface area (Å²) in [6.45, 7) is 3.90. The van der Waals surface area contributed by atoms with Gasteiger partial charge in [0.2, 0.25) is 0 Å². The molecule has 1 amide bonds. The minimum absolute atomic E-state index is 0.107. The van der Waals surface area contributed by atoms with Crippen molar-refractivity contribution in [1.29, 1.82) is 0 Å². The number of para-hydroxylation sites is 2. The Bertz CT molecular complexity index is 430. The lowest BCUT2D eigenvalue weighted by atomic mass is 9.98. The number of aliphatic hydroxyl groups is 1. The van der Waals surface area contributed by atoms with E-state index in [4.69, 9.17) is 9.47 Å². The molecule has 0 fully saturated rings. The van der Waals surface area contributed by atoms with Gasteiger partial charge in [-0.05, 0) is 25.0 Å². The van der Waals surface area contributed by atoms with Gasteiger partial charge in [-0.1, -0.05) is 26.0 Å². The molecule has 1 aromatic rings. The number of hydrogen-bond acceptors (Lipinski definition) is 4. The molecule has 0 atom stereocenters. The topological polar surface area (TPSA) is 67.8 Å². The highest BCUT2D eigenvalue weighted by atomic mass is 16.5. The van der Waals surface area contributed by atoms with Crippen LogP contribution in [0.1, 0.15) is 26.7 Å². The average Bonchev–Trinajstić information content (AvgIpc) is 2.50. The molecular formula is C15H23NO4. The van der Waals surface area contributed by atoms with Crippen LogP contribution < -0.4 is 14.8 Å². The number of amides is 1. The molecule has 0 saturated carbocycles. The van der Waals surface area contributed by atoms with E-state index in [2.05, 4.69) is 5.32 Å². The van der Waals surface area contributed by atoms with Crippen LogP contribution in [0, 0.1) is 0 Å². The van der Waals surface area contributed by atoms with Crippen LogP contribution in [0.15, 0.2) is 24.3 Å². The van der Waals surface area contributed by atoms with Crippen molar-refractivity contribution in [1.82, 2.24) is 5.32 Å². The molecular weight excluding hydrogens is 258 g/mol. The van der Waals surface area contributed by atoms with Crippen LogP contribution in [0.4, 0.5) is 0 Å². The van der Waals surface area contributed by atoms with Gasteiger partial charge in [0, 0.05) is 6.54 Å². The highest BCUT2D eigenvalue weighted by molar-refractivity contribution is 5.77. The van der Waals surface area contributed by atoms with Gasteiger partial charge in [-0.3, -0.25) is 4.79 Å². The van der Waals surface area contributed by atoms with E-state index in [0.29, 0.717) is 24.3 Å². The summed E-state index contributed by atoms with van der Waals surface area (Å²) in [5.41, 5.74) is -0.847. The zero-order valence-electron chi connectivity index (χ0n) is 12.3. The van der Waals surface area contributed by atoms with Crippen LogP contribution in [0.5, 0.6) is 11.5 Å². The van der Waals surface area contributed by atoms with Crippen molar-refractivity contribution in [3.05, 3.63) is 24.3 Å². The van der Waals surface area contributed by atoms with E-state index in [1.165, 1.54) is 0 Å². The summed E-state index contributed by atoms with van der Waals surface area (Å²) in [5, 5.41) is 12.7. The minimum Gasteiger partial charge on any atom is -0.493 e. The molecule has 0 spiro atoms. The number of ether oxygens (including phenoxy) is 2. The third kappa shape index (κ3) is 4.74. The SMILES string of the molecule is CCC(O)(CC)CNC(=O)COc1ccccc1OC. The van der Waals surface area contributed by atoms with Crippen molar-refractivity contribution in [2.24, 2.45) is 0 Å². The molecule has 5 heteroatoms. The number of carbonyl (C=O) groups is 1. The summed E-state index contributed by atoms with van der Waals surface area (Å²) in [6, 6.07) is 7.14. The highest BCUT2D eigenvalue weighted by Gasteiger charge is 2.22. The van der Waals surface area contributed by atoms with E-state index in [1.54, 1.807) is 19.2 Å². The zero-order chi connectivity index (χ0) is 15.0. The van der Waals surface area contributed by atoms with Gasteiger partial charge in [-0.2, -0.15) is 0 Å². The Morgan fingerprint density at radius 2 is 1.85 bits per heavy atom. The van der Waals surface area contributed by atoms with Crippen molar-refractivity contribution in [2.45, 2.75) is 32.3 Å². The fourth-order valence-electron chi connectivity index (χ4n) is 1.70. The van der Waals surface area contributed by atoms with Crippen LogP contribution in [-0.4, -0.2) is 36.9 Å². The predicted molar refractivity (Wildman–Crippen MR) is 77.0 cm³/mol. The first-order valence-corrected chi connectivity index (χ1v) is 6.79. The first-order valence-electron chi connectivity index (χ1n) is 6.79. The van der Waals surface area contributed by atoms with Crippen molar-refractivity contribution < 1.29 is 19.4 Å². The van der Waals surface area contributed by atoms with E-state index in [0.717, 1.165) is 0 Å². The smallest absolute Gasteiger partial charge is 0.258 e. The number of rotatable bonds is 8. The van der Waals surface area contributed by atoms with Gasteiger partial charge >= 0.3 is 0 Å². The number of hydrogen-bond donors (Lipinski definition) is 2. The molecule has 2 N–H and O–H groups in total. The Kier molecular flexibility index (Phi) is 6.31. The maximum atomic E-state index is 11.7. The summed E-state index contributed by atoms with van der Waals surface area (Å²) in [7, 11) is 1.55. The summed E-state index contributed by atoms with van der Waals surface area (Å²) in [4.78, 5) is 11.7. The van der Waals surface area contributed by atoms with Gasteiger partial charge in [0.05, 0.1) is 12.7 Å². The van der Waals surface area contributed by atoms with Crippen LogP contribution in [0.25, 0.3) is 0 Å². The molecule has 1 aromatic carbocycles. The molecule has 5 nitrogen and oxygen atoms in total. The molecule has 1 rings (SSSR count). The van der Waals surface area contributed by atoms with Gasteiger partial charge in [-0.25, -0.2) is 0 Å². The Morgan fingerprint density at radius 3 is 2.40 bits per heavy atom. The molecule has 0 aliphatic rings. The largest absolute Gasteiger partial charge is 0.493 e. The lowest BCUT2D eigenvalue weighted by Gasteiger charge is -2.25. The van der Waals surface area contributed by atoms with E-state index < -0.39 is 5.60 Å². The number of nitrogens with one attached hydrogen (secondary N) is 1. The minimum atomic E-state index is -0.847. The van der Waals surface area contributed by atoms with Gasteiger partial charge in [0.25, 0.3) is 5.91 Å². The van der Waals surface area contributed by atoms with Crippen LogP contribution in [-0.2, 0) is 4.79 Å². The molecule has 112 valence electrons. The summed E-state index contributed by atoms with van der Waals surface area (Å²) in [5.74, 6) is 0.835. The normalized spacial score (nSPS) is 11.0. The molecule has 20 heavy (non-hydrogen) atoms. The fraction of sp³-hybridized carbons (Fsp3) is 0.533. The van der Waals surface area contributed by atoms with Crippen molar-refractivity contribution in [3.63, 3.8) is 0 Å². The lowest BCUT2D eigenvalue weighted by Crippen LogP contribution is -2.43. The zero-order valence-corrected chi connectivity index (χ0v) is 12.3. The molecule has 0 aliphatic heterocycles. The molecule has 0 aromatic heterocycles. The third-order valence-corrected chi connectivity index (χ3v) is 3.36. The second kappa shape index (κ2) is 7.75. The standard InChI is InChI=1S/C15H23NO4/c1-4-15(18,5-2)11-16-14(17)10-20-13-9-7-6-8-12(13)19-3/h6-9,18H,4-5,10-11H2,1-3H3,(H,16,17). The lowest BCUT2D eigenvalue weighted by molar-refractivity contribution is -0.124. The molecule has 0 heterocycles. The van der Waals surface area contributed by atoms with E-state index in [-0.39, 0.29) is 19.1 Å². The van der Waals surface area contributed by atoms with Gasteiger partial charge in [-0.15, -0.1) is 0 Å².